The molecule has 0 aliphatic heterocycles. The number of thioether (sulfide) groups is 1. The number of hydrogen-bond donors (Lipinski definition) is 2. The van der Waals surface area contributed by atoms with Gasteiger partial charge in [-0.25, -0.2) is 9.97 Å². The Hall–Kier alpha value is -0.810. The second-order valence-electron chi connectivity index (χ2n) is 4.72. The minimum Gasteiger partial charge on any atom is -0.396 e. The van der Waals surface area contributed by atoms with Gasteiger partial charge in [-0.05, 0) is 18.8 Å². The molecule has 18 heavy (non-hydrogen) atoms. The maximum absolute atomic E-state index is 9.07. The molecular weight excluding hydrogens is 246 g/mol. The molecular formula is C13H23N3OS. The van der Waals surface area contributed by atoms with Crippen molar-refractivity contribution in [1.82, 2.24) is 9.97 Å². The van der Waals surface area contributed by atoms with Crippen LogP contribution in [0, 0.1) is 5.92 Å². The maximum Gasteiger partial charge on any atom is 0.133 e. The SMILES string of the molecule is CCNc1ncnc(SCC(C)CO)c1C(C)C. The number of rotatable bonds is 7. The summed E-state index contributed by atoms with van der Waals surface area (Å²) in [6, 6.07) is 0. The van der Waals surface area contributed by atoms with Gasteiger partial charge < -0.3 is 10.4 Å². The summed E-state index contributed by atoms with van der Waals surface area (Å²) in [5.74, 6) is 2.47. The Labute approximate surface area is 114 Å². The van der Waals surface area contributed by atoms with E-state index in [2.05, 4.69) is 36.1 Å². The normalized spacial score (nSPS) is 12.8. The van der Waals surface area contributed by atoms with E-state index in [1.807, 2.05) is 6.92 Å². The predicted molar refractivity (Wildman–Crippen MR) is 77.3 cm³/mol. The topological polar surface area (TPSA) is 58.0 Å². The Morgan fingerprint density at radius 2 is 2.06 bits per heavy atom. The van der Waals surface area contributed by atoms with E-state index >= 15 is 0 Å². The van der Waals surface area contributed by atoms with Crippen molar-refractivity contribution in [2.24, 2.45) is 5.92 Å². The van der Waals surface area contributed by atoms with Gasteiger partial charge in [0.1, 0.15) is 17.2 Å². The number of aliphatic hydroxyl groups is 1. The Balaban J connectivity index is 2.92. The number of aromatic nitrogens is 2. The van der Waals surface area contributed by atoms with Crippen molar-refractivity contribution >= 4 is 17.6 Å². The van der Waals surface area contributed by atoms with Gasteiger partial charge in [-0.3, -0.25) is 0 Å². The predicted octanol–water partition coefficient (Wildman–Crippen LogP) is 2.75. The highest BCUT2D eigenvalue weighted by Crippen LogP contribution is 2.32. The Morgan fingerprint density at radius 3 is 2.61 bits per heavy atom. The van der Waals surface area contributed by atoms with E-state index < -0.39 is 0 Å². The van der Waals surface area contributed by atoms with Crippen molar-refractivity contribution in [3.8, 4) is 0 Å². The Morgan fingerprint density at radius 1 is 1.33 bits per heavy atom. The number of hydrogen-bond acceptors (Lipinski definition) is 5. The Kier molecular flexibility index (Phi) is 6.43. The van der Waals surface area contributed by atoms with Crippen LogP contribution in [0.5, 0.6) is 0 Å². The monoisotopic (exact) mass is 269 g/mol. The van der Waals surface area contributed by atoms with Crippen LogP contribution in [-0.2, 0) is 0 Å². The van der Waals surface area contributed by atoms with E-state index in [4.69, 9.17) is 5.11 Å². The second-order valence-corrected chi connectivity index (χ2v) is 5.73. The van der Waals surface area contributed by atoms with Crippen LogP contribution in [0.15, 0.2) is 11.4 Å². The average molecular weight is 269 g/mol. The lowest BCUT2D eigenvalue weighted by atomic mass is 10.1. The molecule has 0 aliphatic carbocycles. The van der Waals surface area contributed by atoms with Crippen LogP contribution in [0.4, 0.5) is 5.82 Å². The quantitative estimate of drug-likeness (QED) is 0.589. The van der Waals surface area contributed by atoms with Gasteiger partial charge in [0.15, 0.2) is 0 Å². The van der Waals surface area contributed by atoms with Gasteiger partial charge in [0.2, 0.25) is 0 Å². The van der Waals surface area contributed by atoms with E-state index in [0.29, 0.717) is 5.92 Å². The van der Waals surface area contributed by atoms with E-state index in [1.54, 1.807) is 18.1 Å². The molecule has 0 aliphatic rings. The highest BCUT2D eigenvalue weighted by Gasteiger charge is 2.15. The number of anilines is 1. The molecule has 0 radical (unpaired) electrons. The van der Waals surface area contributed by atoms with Crippen LogP contribution >= 0.6 is 11.8 Å². The summed E-state index contributed by atoms with van der Waals surface area (Å²) in [4.78, 5) is 8.69. The van der Waals surface area contributed by atoms with E-state index in [9.17, 15) is 0 Å². The first-order valence-corrected chi connectivity index (χ1v) is 7.41. The highest BCUT2D eigenvalue weighted by atomic mass is 32.2. The molecule has 1 rings (SSSR count). The standard InChI is InChI=1S/C13H23N3OS/c1-5-14-12-11(9(2)3)13(16-8-15-12)18-7-10(4)6-17/h8-10,17H,5-7H2,1-4H3,(H,14,15,16). The summed E-state index contributed by atoms with van der Waals surface area (Å²) in [5.41, 5.74) is 1.18. The largest absolute Gasteiger partial charge is 0.396 e. The fraction of sp³-hybridized carbons (Fsp3) is 0.692. The fourth-order valence-electron chi connectivity index (χ4n) is 1.60. The lowest BCUT2D eigenvalue weighted by Crippen LogP contribution is -2.09. The smallest absolute Gasteiger partial charge is 0.133 e. The molecule has 1 aromatic heterocycles. The van der Waals surface area contributed by atoms with Crippen LogP contribution in [0.3, 0.4) is 0 Å². The van der Waals surface area contributed by atoms with Crippen LogP contribution in [0.1, 0.15) is 39.2 Å². The molecule has 4 nitrogen and oxygen atoms in total. The lowest BCUT2D eigenvalue weighted by molar-refractivity contribution is 0.250. The number of nitrogens with one attached hydrogen (secondary N) is 1. The van der Waals surface area contributed by atoms with Crippen molar-refractivity contribution in [1.29, 1.82) is 0 Å². The molecule has 0 spiro atoms. The van der Waals surface area contributed by atoms with Gasteiger partial charge in [0, 0.05) is 24.5 Å². The molecule has 0 fully saturated rings. The van der Waals surface area contributed by atoms with Gasteiger partial charge >= 0.3 is 0 Å². The summed E-state index contributed by atoms with van der Waals surface area (Å²) < 4.78 is 0. The zero-order valence-corrected chi connectivity index (χ0v) is 12.4. The molecule has 1 heterocycles. The van der Waals surface area contributed by atoms with Crippen molar-refractivity contribution in [3.63, 3.8) is 0 Å². The third-order valence-electron chi connectivity index (χ3n) is 2.59. The van der Waals surface area contributed by atoms with Crippen LogP contribution in [0.25, 0.3) is 0 Å². The van der Waals surface area contributed by atoms with Gasteiger partial charge in [0.05, 0.1) is 0 Å². The fourth-order valence-corrected chi connectivity index (χ4v) is 2.75. The zero-order chi connectivity index (χ0) is 13.5. The lowest BCUT2D eigenvalue weighted by Gasteiger charge is -2.16. The highest BCUT2D eigenvalue weighted by molar-refractivity contribution is 7.99. The molecule has 1 atom stereocenters. The molecule has 0 amide bonds. The van der Waals surface area contributed by atoms with Crippen molar-refractivity contribution in [2.75, 3.05) is 24.2 Å². The Bertz CT molecular complexity index is 371. The number of nitrogens with zero attached hydrogens (tertiary/aromatic N) is 2. The van der Waals surface area contributed by atoms with E-state index in [-0.39, 0.29) is 12.5 Å². The van der Waals surface area contributed by atoms with Gasteiger partial charge in [-0.1, -0.05) is 20.8 Å². The summed E-state index contributed by atoms with van der Waals surface area (Å²) >= 11 is 1.70. The number of aliphatic hydroxyl groups excluding tert-OH is 1. The van der Waals surface area contributed by atoms with Crippen LogP contribution in [-0.4, -0.2) is 34.0 Å². The van der Waals surface area contributed by atoms with E-state index in [0.717, 1.165) is 23.1 Å². The molecule has 102 valence electrons. The maximum atomic E-state index is 9.07. The van der Waals surface area contributed by atoms with Crippen LogP contribution < -0.4 is 5.32 Å². The molecule has 1 aromatic rings. The third kappa shape index (κ3) is 4.14. The molecule has 0 saturated carbocycles. The van der Waals surface area contributed by atoms with Crippen molar-refractivity contribution in [3.05, 3.63) is 11.9 Å². The molecule has 1 unspecified atom stereocenters. The third-order valence-corrected chi connectivity index (χ3v) is 3.92. The minimum absolute atomic E-state index is 0.217. The molecule has 2 N–H and O–H groups in total. The summed E-state index contributed by atoms with van der Waals surface area (Å²) in [6.45, 7) is 9.47. The van der Waals surface area contributed by atoms with Crippen molar-refractivity contribution < 1.29 is 5.11 Å². The summed E-state index contributed by atoms with van der Waals surface area (Å²) in [7, 11) is 0. The first kappa shape index (κ1) is 15.2. The van der Waals surface area contributed by atoms with Crippen LogP contribution in [0.2, 0.25) is 0 Å². The molecule has 0 saturated heterocycles. The minimum atomic E-state index is 0.217. The van der Waals surface area contributed by atoms with Gasteiger partial charge in [-0.15, -0.1) is 11.8 Å². The molecule has 0 bridgehead atoms. The van der Waals surface area contributed by atoms with Gasteiger partial charge in [0.25, 0.3) is 0 Å². The average Bonchev–Trinajstić information content (AvgIpc) is 2.36. The molecule has 5 heteroatoms. The zero-order valence-electron chi connectivity index (χ0n) is 11.6. The van der Waals surface area contributed by atoms with E-state index in [1.165, 1.54) is 5.56 Å². The first-order valence-electron chi connectivity index (χ1n) is 6.42. The molecule has 0 aromatic carbocycles. The van der Waals surface area contributed by atoms with Crippen molar-refractivity contribution in [2.45, 2.75) is 38.6 Å². The van der Waals surface area contributed by atoms with Gasteiger partial charge in [-0.2, -0.15) is 0 Å². The summed E-state index contributed by atoms with van der Waals surface area (Å²) in [6.07, 6.45) is 1.61. The summed E-state index contributed by atoms with van der Waals surface area (Å²) in [5, 5.41) is 13.4. The second kappa shape index (κ2) is 7.59. The first-order chi connectivity index (χ1) is 8.60.